The van der Waals surface area contributed by atoms with Gasteiger partial charge in [-0.2, -0.15) is 0 Å². The topological polar surface area (TPSA) is 81.0 Å². The highest BCUT2D eigenvalue weighted by Crippen LogP contribution is 2.39. The van der Waals surface area contributed by atoms with E-state index in [9.17, 15) is 9.59 Å². The second kappa shape index (κ2) is 11.2. The molecule has 0 radical (unpaired) electrons. The number of carbonyl (C=O) groups is 2. The summed E-state index contributed by atoms with van der Waals surface area (Å²) in [5.74, 6) is 0.548. The second-order valence-electron chi connectivity index (χ2n) is 7.23. The van der Waals surface area contributed by atoms with Crippen molar-refractivity contribution in [3.63, 3.8) is 0 Å². The lowest BCUT2D eigenvalue weighted by Gasteiger charge is -2.14. The minimum absolute atomic E-state index is 0.211. The predicted molar refractivity (Wildman–Crippen MR) is 141 cm³/mol. The van der Waals surface area contributed by atoms with Crippen LogP contribution < -0.4 is 14.8 Å². The normalized spacial score (nSPS) is 14.5. The molecule has 1 aliphatic rings. The van der Waals surface area contributed by atoms with E-state index in [0.29, 0.717) is 37.0 Å². The van der Waals surface area contributed by atoms with Crippen molar-refractivity contribution in [2.45, 2.75) is 6.54 Å². The number of furan rings is 1. The summed E-state index contributed by atoms with van der Waals surface area (Å²) in [5.41, 5.74) is 1.20. The van der Waals surface area contributed by atoms with Gasteiger partial charge in [-0.3, -0.25) is 14.5 Å². The Balaban J connectivity index is 1.46. The van der Waals surface area contributed by atoms with Crippen LogP contribution in [-0.4, -0.2) is 34.8 Å². The van der Waals surface area contributed by atoms with Crippen molar-refractivity contribution in [2.24, 2.45) is 0 Å². The molecule has 1 aromatic heterocycles. The molecule has 2 heterocycles. The lowest BCUT2D eigenvalue weighted by Crippen LogP contribution is -2.27. The molecule has 1 saturated heterocycles. The number of hydrogen-bond donors (Lipinski definition) is 1. The van der Waals surface area contributed by atoms with Gasteiger partial charge in [-0.05, 0) is 60.2 Å². The van der Waals surface area contributed by atoms with Gasteiger partial charge in [-0.1, -0.05) is 47.2 Å². The first kappa shape index (κ1) is 25.1. The zero-order valence-electron chi connectivity index (χ0n) is 18.2. The Hall–Kier alpha value is -2.98. The summed E-state index contributed by atoms with van der Waals surface area (Å²) in [5, 5.41) is 3.49. The van der Waals surface area contributed by atoms with Gasteiger partial charge in [0.1, 0.15) is 10.1 Å². The van der Waals surface area contributed by atoms with Gasteiger partial charge in [-0.25, -0.2) is 0 Å². The van der Waals surface area contributed by atoms with Crippen LogP contribution in [0.25, 0.3) is 6.08 Å². The van der Waals surface area contributed by atoms with Crippen LogP contribution in [0.1, 0.15) is 11.3 Å². The zero-order valence-corrected chi connectivity index (χ0v) is 21.4. The van der Waals surface area contributed by atoms with Gasteiger partial charge in [0.2, 0.25) is 0 Å². The van der Waals surface area contributed by atoms with E-state index in [0.717, 1.165) is 0 Å². The molecule has 2 aromatic carbocycles. The molecule has 11 heteroatoms. The predicted octanol–water partition coefficient (Wildman–Crippen LogP) is 6.01. The number of thiocarbonyl (C=S) groups is 1. The maximum atomic E-state index is 12.9. The summed E-state index contributed by atoms with van der Waals surface area (Å²) in [6.45, 7) is -0.0343. The quantitative estimate of drug-likeness (QED) is 0.272. The molecule has 0 unspecified atom stereocenters. The number of nitrogens with zero attached hydrogens (tertiary/aromatic N) is 1. The molecule has 0 saturated carbocycles. The van der Waals surface area contributed by atoms with Gasteiger partial charge >= 0.3 is 0 Å². The Kier molecular flexibility index (Phi) is 8.02. The SMILES string of the molecule is COc1cc(/C=C2\SC(=S)N(Cc3ccco3)C2=O)cc(Cl)c1OCC(=O)Nc1ccc(Cl)cc1. The number of nitrogens with one attached hydrogen (secondary N) is 1. The number of ether oxygens (including phenoxy) is 2. The fourth-order valence-corrected chi connectivity index (χ4v) is 4.83. The molecule has 180 valence electrons. The van der Waals surface area contributed by atoms with Crippen LogP contribution in [-0.2, 0) is 16.1 Å². The highest BCUT2D eigenvalue weighted by atomic mass is 35.5. The lowest BCUT2D eigenvalue weighted by molar-refractivity contribution is -0.122. The Morgan fingerprint density at radius 2 is 2.00 bits per heavy atom. The number of halogens is 2. The molecule has 0 bridgehead atoms. The average molecular weight is 549 g/mol. The van der Waals surface area contributed by atoms with Crippen molar-refractivity contribution in [2.75, 3.05) is 19.0 Å². The molecule has 1 fully saturated rings. The molecule has 7 nitrogen and oxygen atoms in total. The molecule has 0 spiro atoms. The molecule has 3 aromatic rings. The number of rotatable bonds is 8. The van der Waals surface area contributed by atoms with Crippen molar-refractivity contribution in [3.8, 4) is 11.5 Å². The molecule has 0 atom stereocenters. The third-order valence-corrected chi connectivity index (χ3v) is 6.70. The number of methoxy groups -OCH3 is 1. The molecular formula is C24H18Cl2N2O5S2. The van der Waals surface area contributed by atoms with Crippen LogP contribution in [0, 0.1) is 0 Å². The van der Waals surface area contributed by atoms with Crippen molar-refractivity contribution in [1.29, 1.82) is 0 Å². The number of hydrogen-bond acceptors (Lipinski definition) is 7. The lowest BCUT2D eigenvalue weighted by atomic mass is 10.1. The van der Waals surface area contributed by atoms with Crippen molar-refractivity contribution in [3.05, 3.63) is 81.1 Å². The zero-order chi connectivity index (χ0) is 24.9. The summed E-state index contributed by atoms with van der Waals surface area (Å²) in [6.07, 6.45) is 3.22. The third-order valence-electron chi connectivity index (χ3n) is 4.79. The number of anilines is 1. The fraction of sp³-hybridized carbons (Fsp3) is 0.125. The fourth-order valence-electron chi connectivity index (χ4n) is 3.18. The number of benzene rings is 2. The van der Waals surface area contributed by atoms with Crippen molar-refractivity contribution < 1.29 is 23.5 Å². The largest absolute Gasteiger partial charge is 0.493 e. The van der Waals surface area contributed by atoms with Crippen LogP contribution in [0.5, 0.6) is 11.5 Å². The first-order chi connectivity index (χ1) is 16.8. The highest BCUT2D eigenvalue weighted by Gasteiger charge is 2.32. The molecule has 1 aliphatic heterocycles. The molecule has 35 heavy (non-hydrogen) atoms. The molecule has 1 N–H and O–H groups in total. The van der Waals surface area contributed by atoms with Crippen LogP contribution in [0.3, 0.4) is 0 Å². The summed E-state index contributed by atoms with van der Waals surface area (Å²) in [6, 6.07) is 13.5. The minimum Gasteiger partial charge on any atom is -0.493 e. The van der Waals surface area contributed by atoms with Gasteiger partial charge < -0.3 is 19.2 Å². The molecule has 2 amide bonds. The van der Waals surface area contributed by atoms with Crippen LogP contribution >= 0.6 is 47.2 Å². The van der Waals surface area contributed by atoms with Crippen LogP contribution in [0.15, 0.2) is 64.1 Å². The monoisotopic (exact) mass is 548 g/mol. The summed E-state index contributed by atoms with van der Waals surface area (Å²) in [7, 11) is 1.46. The van der Waals surface area contributed by atoms with Crippen molar-refractivity contribution in [1.82, 2.24) is 4.90 Å². The minimum atomic E-state index is -0.380. The van der Waals surface area contributed by atoms with Gasteiger partial charge in [0.25, 0.3) is 11.8 Å². The molecular weight excluding hydrogens is 531 g/mol. The standard InChI is InChI=1S/C24H18Cl2N2O5S2/c1-31-19-10-14(11-20-23(30)28(24(34)35-20)12-17-3-2-8-32-17)9-18(26)22(19)33-13-21(29)27-16-6-4-15(25)5-7-16/h2-11H,12-13H2,1H3,(H,27,29)/b20-11-. The van der Waals surface area contributed by atoms with Gasteiger partial charge in [0, 0.05) is 10.7 Å². The van der Waals surface area contributed by atoms with Gasteiger partial charge in [-0.15, -0.1) is 0 Å². The van der Waals surface area contributed by atoms with Gasteiger partial charge in [0.05, 0.1) is 29.8 Å². The summed E-state index contributed by atoms with van der Waals surface area (Å²) < 4.78 is 16.8. The van der Waals surface area contributed by atoms with Gasteiger partial charge in [0.15, 0.2) is 18.1 Å². The maximum absolute atomic E-state index is 12.9. The second-order valence-corrected chi connectivity index (χ2v) is 9.74. The van der Waals surface area contributed by atoms with E-state index in [2.05, 4.69) is 5.32 Å². The number of thioether (sulfide) groups is 1. The van der Waals surface area contributed by atoms with E-state index >= 15 is 0 Å². The van der Waals surface area contributed by atoms with E-state index in [4.69, 9.17) is 49.3 Å². The highest BCUT2D eigenvalue weighted by molar-refractivity contribution is 8.26. The Morgan fingerprint density at radius 3 is 2.69 bits per heavy atom. The van der Waals surface area contributed by atoms with E-state index in [1.165, 1.54) is 23.8 Å². The Bertz CT molecular complexity index is 1290. The first-order valence-electron chi connectivity index (χ1n) is 10.2. The van der Waals surface area contributed by atoms with E-state index < -0.39 is 0 Å². The van der Waals surface area contributed by atoms with E-state index in [1.54, 1.807) is 60.9 Å². The van der Waals surface area contributed by atoms with Crippen molar-refractivity contribution >= 4 is 75.1 Å². The first-order valence-corrected chi connectivity index (χ1v) is 12.2. The average Bonchev–Trinajstić information content (AvgIpc) is 3.43. The maximum Gasteiger partial charge on any atom is 0.266 e. The van der Waals surface area contributed by atoms with Crippen LogP contribution in [0.4, 0.5) is 5.69 Å². The Labute approximate surface area is 221 Å². The van der Waals surface area contributed by atoms with E-state index in [-0.39, 0.29) is 35.7 Å². The summed E-state index contributed by atoms with van der Waals surface area (Å²) in [4.78, 5) is 27.0. The van der Waals surface area contributed by atoms with Crippen LogP contribution in [0.2, 0.25) is 10.0 Å². The number of carbonyl (C=O) groups excluding carboxylic acids is 2. The smallest absolute Gasteiger partial charge is 0.266 e. The Morgan fingerprint density at radius 1 is 1.23 bits per heavy atom. The summed E-state index contributed by atoms with van der Waals surface area (Å²) >= 11 is 18.8. The number of amides is 2. The molecule has 0 aliphatic carbocycles. The molecule has 4 rings (SSSR count). The third kappa shape index (κ3) is 6.18. The van der Waals surface area contributed by atoms with E-state index in [1.807, 2.05) is 0 Å².